The lowest BCUT2D eigenvalue weighted by Crippen LogP contribution is -2.34. The summed E-state index contributed by atoms with van der Waals surface area (Å²) < 4.78 is 7.53. The predicted octanol–water partition coefficient (Wildman–Crippen LogP) is 3.05. The van der Waals surface area contributed by atoms with Gasteiger partial charge in [-0.25, -0.2) is 4.79 Å². The Balaban J connectivity index is 1.44. The van der Waals surface area contributed by atoms with Crippen LogP contribution in [-0.4, -0.2) is 40.4 Å². The van der Waals surface area contributed by atoms with Crippen LogP contribution >= 0.6 is 0 Å². The third-order valence-corrected chi connectivity index (χ3v) is 4.57. The Labute approximate surface area is 148 Å². The average molecular weight is 342 g/mol. The van der Waals surface area contributed by atoms with Gasteiger partial charge in [-0.3, -0.25) is 10.00 Å². The van der Waals surface area contributed by atoms with Gasteiger partial charge in [0.25, 0.3) is 0 Å². The zero-order valence-corrected chi connectivity index (χ0v) is 14.9. The normalized spacial score (nSPS) is 17.0. The number of benzene rings is 1. The van der Waals surface area contributed by atoms with Crippen molar-refractivity contribution in [3.05, 3.63) is 47.7 Å². The number of likely N-dealkylation sites (tertiary alicyclic amines) is 1. The van der Waals surface area contributed by atoms with E-state index in [4.69, 9.17) is 4.74 Å². The number of rotatable bonds is 6. The topological polar surface area (TPSA) is 59.4 Å². The first kappa shape index (κ1) is 17.5. The van der Waals surface area contributed by atoms with Gasteiger partial charge in [-0.15, -0.1) is 0 Å². The van der Waals surface area contributed by atoms with Gasteiger partial charge in [0, 0.05) is 32.1 Å². The van der Waals surface area contributed by atoms with E-state index in [0.717, 1.165) is 37.4 Å². The molecule has 134 valence electrons. The summed E-state index contributed by atoms with van der Waals surface area (Å²) >= 11 is 0. The number of aryl methyl sites for hydroxylation is 2. The Morgan fingerprint density at radius 1 is 1.36 bits per heavy atom. The fraction of sp³-hybridized carbons (Fsp3) is 0.474. The summed E-state index contributed by atoms with van der Waals surface area (Å²) in [5.74, 6) is 1.14. The van der Waals surface area contributed by atoms with Crippen LogP contribution in [0.15, 0.2) is 36.4 Å². The zero-order chi connectivity index (χ0) is 17.6. The summed E-state index contributed by atoms with van der Waals surface area (Å²) in [5, 5.41) is 7.31. The molecule has 0 aliphatic carbocycles. The minimum Gasteiger partial charge on any atom is -0.376 e. The molecule has 1 aromatic heterocycles. The Bertz CT molecular complexity index is 699. The number of amides is 2. The second kappa shape index (κ2) is 8.16. The summed E-state index contributed by atoms with van der Waals surface area (Å²) in [6.45, 7) is 4.86. The summed E-state index contributed by atoms with van der Waals surface area (Å²) in [6.07, 6.45) is 1.84. The molecule has 6 heteroatoms. The molecule has 0 radical (unpaired) electrons. The first-order chi connectivity index (χ1) is 12.2. The number of hydrogen-bond donors (Lipinski definition) is 1. The van der Waals surface area contributed by atoms with Crippen LogP contribution in [0.3, 0.4) is 0 Å². The van der Waals surface area contributed by atoms with Crippen molar-refractivity contribution in [3.8, 4) is 0 Å². The SMILES string of the molecule is CCc1cc(NC(=O)N2CC[C@@H](COCc3ccccc3)C2)n(C)n1. The van der Waals surface area contributed by atoms with Crippen molar-refractivity contribution < 1.29 is 9.53 Å². The highest BCUT2D eigenvalue weighted by Crippen LogP contribution is 2.19. The van der Waals surface area contributed by atoms with Gasteiger partial charge in [-0.1, -0.05) is 37.3 Å². The number of carbonyl (C=O) groups is 1. The van der Waals surface area contributed by atoms with E-state index in [1.807, 2.05) is 36.2 Å². The van der Waals surface area contributed by atoms with E-state index >= 15 is 0 Å². The van der Waals surface area contributed by atoms with Crippen molar-refractivity contribution in [2.45, 2.75) is 26.4 Å². The number of aromatic nitrogens is 2. The number of urea groups is 1. The van der Waals surface area contributed by atoms with Crippen molar-refractivity contribution in [2.75, 3.05) is 25.0 Å². The van der Waals surface area contributed by atoms with Crippen LogP contribution in [0.25, 0.3) is 0 Å². The second-order valence-corrected chi connectivity index (χ2v) is 6.53. The quantitative estimate of drug-likeness (QED) is 0.878. The van der Waals surface area contributed by atoms with Crippen molar-refractivity contribution in [1.82, 2.24) is 14.7 Å². The van der Waals surface area contributed by atoms with E-state index in [1.165, 1.54) is 5.56 Å². The number of hydrogen-bond acceptors (Lipinski definition) is 3. The Kier molecular flexibility index (Phi) is 5.71. The molecule has 2 amide bonds. The van der Waals surface area contributed by atoms with Crippen LogP contribution in [0, 0.1) is 5.92 Å². The highest BCUT2D eigenvalue weighted by molar-refractivity contribution is 5.88. The molecule has 2 aromatic rings. The molecular weight excluding hydrogens is 316 g/mol. The molecule has 1 atom stereocenters. The van der Waals surface area contributed by atoms with Crippen LogP contribution < -0.4 is 5.32 Å². The smallest absolute Gasteiger partial charge is 0.323 e. The zero-order valence-electron chi connectivity index (χ0n) is 14.9. The lowest BCUT2D eigenvalue weighted by Gasteiger charge is -2.17. The molecular formula is C19H26N4O2. The maximum atomic E-state index is 12.4. The molecule has 0 saturated carbocycles. The maximum Gasteiger partial charge on any atom is 0.323 e. The summed E-state index contributed by atoms with van der Waals surface area (Å²) in [6, 6.07) is 12.0. The van der Waals surface area contributed by atoms with Crippen LogP contribution in [0.4, 0.5) is 10.6 Å². The highest BCUT2D eigenvalue weighted by Gasteiger charge is 2.26. The number of nitrogens with one attached hydrogen (secondary N) is 1. The molecule has 1 aromatic carbocycles. The van der Waals surface area contributed by atoms with Crippen LogP contribution in [0.1, 0.15) is 24.6 Å². The molecule has 1 aliphatic rings. The molecule has 0 spiro atoms. The minimum absolute atomic E-state index is 0.0591. The largest absolute Gasteiger partial charge is 0.376 e. The Morgan fingerprint density at radius 3 is 2.88 bits per heavy atom. The molecule has 0 unspecified atom stereocenters. The number of ether oxygens (including phenoxy) is 1. The van der Waals surface area contributed by atoms with E-state index in [2.05, 4.69) is 29.5 Å². The van der Waals surface area contributed by atoms with Crippen LogP contribution in [0.5, 0.6) is 0 Å². The van der Waals surface area contributed by atoms with Crippen molar-refractivity contribution in [3.63, 3.8) is 0 Å². The van der Waals surface area contributed by atoms with Crippen molar-refractivity contribution >= 4 is 11.8 Å². The van der Waals surface area contributed by atoms with Gasteiger partial charge < -0.3 is 9.64 Å². The molecule has 1 N–H and O–H groups in total. The van der Waals surface area contributed by atoms with Gasteiger partial charge in [0.2, 0.25) is 0 Å². The highest BCUT2D eigenvalue weighted by atomic mass is 16.5. The Hall–Kier alpha value is -2.34. The number of anilines is 1. The van der Waals surface area contributed by atoms with Gasteiger partial charge in [0.1, 0.15) is 5.82 Å². The van der Waals surface area contributed by atoms with E-state index in [1.54, 1.807) is 4.68 Å². The summed E-state index contributed by atoms with van der Waals surface area (Å²) in [4.78, 5) is 14.3. The summed E-state index contributed by atoms with van der Waals surface area (Å²) in [5.41, 5.74) is 2.16. The van der Waals surface area contributed by atoms with Gasteiger partial charge in [-0.05, 0) is 18.4 Å². The molecule has 1 fully saturated rings. The standard InChI is InChI=1S/C19H26N4O2/c1-3-17-11-18(22(2)21-17)20-19(24)23-10-9-16(12-23)14-25-13-15-7-5-4-6-8-15/h4-8,11,16H,3,9-10,12-14H2,1-2H3,(H,20,24)/t16-/m1/s1. The minimum atomic E-state index is -0.0591. The molecule has 1 saturated heterocycles. The average Bonchev–Trinajstić information content (AvgIpc) is 3.23. The first-order valence-electron chi connectivity index (χ1n) is 8.86. The van der Waals surface area contributed by atoms with Crippen molar-refractivity contribution in [1.29, 1.82) is 0 Å². The molecule has 1 aliphatic heterocycles. The van der Waals surface area contributed by atoms with E-state index in [0.29, 0.717) is 19.1 Å². The van der Waals surface area contributed by atoms with Crippen molar-refractivity contribution in [2.24, 2.45) is 13.0 Å². The van der Waals surface area contributed by atoms with E-state index in [-0.39, 0.29) is 6.03 Å². The molecule has 6 nitrogen and oxygen atoms in total. The molecule has 25 heavy (non-hydrogen) atoms. The third kappa shape index (κ3) is 4.60. The predicted molar refractivity (Wildman–Crippen MR) is 97.4 cm³/mol. The van der Waals surface area contributed by atoms with Gasteiger partial charge >= 0.3 is 6.03 Å². The lowest BCUT2D eigenvalue weighted by atomic mass is 10.1. The molecule has 3 rings (SSSR count). The monoisotopic (exact) mass is 342 g/mol. The van der Waals surface area contributed by atoms with Gasteiger partial charge in [0.05, 0.1) is 18.9 Å². The second-order valence-electron chi connectivity index (χ2n) is 6.53. The molecule has 0 bridgehead atoms. The van der Waals surface area contributed by atoms with Crippen LogP contribution in [-0.2, 0) is 24.8 Å². The van der Waals surface area contributed by atoms with Gasteiger partial charge in [-0.2, -0.15) is 5.10 Å². The first-order valence-corrected chi connectivity index (χ1v) is 8.86. The molecule has 2 heterocycles. The summed E-state index contributed by atoms with van der Waals surface area (Å²) in [7, 11) is 1.85. The van der Waals surface area contributed by atoms with Crippen LogP contribution in [0.2, 0.25) is 0 Å². The fourth-order valence-corrected chi connectivity index (χ4v) is 3.08. The number of nitrogens with zero attached hydrogens (tertiary/aromatic N) is 3. The Morgan fingerprint density at radius 2 is 2.16 bits per heavy atom. The van der Waals surface area contributed by atoms with E-state index < -0.39 is 0 Å². The number of carbonyl (C=O) groups excluding carboxylic acids is 1. The maximum absolute atomic E-state index is 12.4. The fourth-order valence-electron chi connectivity index (χ4n) is 3.08. The third-order valence-electron chi connectivity index (χ3n) is 4.57. The van der Waals surface area contributed by atoms with E-state index in [9.17, 15) is 4.79 Å². The van der Waals surface area contributed by atoms with Gasteiger partial charge in [0.15, 0.2) is 0 Å². The lowest BCUT2D eigenvalue weighted by molar-refractivity contribution is 0.0900.